The van der Waals surface area contributed by atoms with E-state index in [-0.39, 0.29) is 36.2 Å². The molecule has 2 atom stereocenters. The summed E-state index contributed by atoms with van der Waals surface area (Å²) in [4.78, 5) is 36.9. The van der Waals surface area contributed by atoms with Gasteiger partial charge in [0, 0.05) is 17.0 Å². The fraction of sp³-hybridized carbons (Fsp3) is 0.419. The molecule has 2 aliphatic carbocycles. The Balaban J connectivity index is 1.49. The molecule has 1 aliphatic heterocycles. The molecule has 0 bridgehead atoms. The average Bonchev–Trinajstić information content (AvgIpc) is 3.26. The number of hydrogen-bond donors (Lipinski definition) is 2. The number of nitrogens with zero attached hydrogens (tertiary/aromatic N) is 2. The number of hydrogen-bond acceptors (Lipinski definition) is 5. The van der Waals surface area contributed by atoms with E-state index in [4.69, 9.17) is 15.6 Å². The van der Waals surface area contributed by atoms with E-state index in [0.29, 0.717) is 11.3 Å². The van der Waals surface area contributed by atoms with Crippen LogP contribution < -0.4 is 15.8 Å². The largest absolute Gasteiger partial charge is 0.496 e. The lowest BCUT2D eigenvalue weighted by molar-refractivity contribution is -0.140. The summed E-state index contributed by atoms with van der Waals surface area (Å²) in [5.41, 5.74) is 9.26. The van der Waals surface area contributed by atoms with Gasteiger partial charge in [-0.15, -0.1) is 0 Å². The zero-order valence-corrected chi connectivity index (χ0v) is 22.4. The number of nitrogens with one attached hydrogen (secondary N) is 1. The van der Waals surface area contributed by atoms with E-state index in [9.17, 15) is 14.4 Å². The molecule has 1 heterocycles. The van der Waals surface area contributed by atoms with E-state index in [1.165, 1.54) is 12.8 Å². The molecule has 2 aromatic carbocycles. The molecule has 204 valence electrons. The van der Waals surface area contributed by atoms with Crippen molar-refractivity contribution in [2.45, 2.75) is 57.4 Å². The molecule has 0 radical (unpaired) electrons. The predicted octanol–water partition coefficient (Wildman–Crippen LogP) is 4.43. The fourth-order valence-electron chi connectivity index (χ4n) is 6.00. The molecular weight excluding hydrogens is 492 g/mol. The number of methoxy groups -OCH3 is 1. The highest BCUT2D eigenvalue weighted by atomic mass is 16.5. The Morgan fingerprint density at radius 1 is 0.974 bits per heavy atom. The quantitative estimate of drug-likeness (QED) is 0.409. The highest BCUT2D eigenvalue weighted by molar-refractivity contribution is 6.08. The average molecular weight is 529 g/mol. The number of carbonyl (C=O) groups is 3. The maximum atomic E-state index is 13.6. The monoisotopic (exact) mass is 528 g/mol. The molecule has 3 aliphatic rings. The van der Waals surface area contributed by atoms with E-state index in [2.05, 4.69) is 23.5 Å². The third-order valence-corrected chi connectivity index (χ3v) is 8.09. The molecule has 5 rings (SSSR count). The van der Waals surface area contributed by atoms with Gasteiger partial charge in [0.25, 0.3) is 5.91 Å². The third kappa shape index (κ3) is 5.75. The molecule has 3 amide bonds. The number of nitrogens with two attached hydrogens (primary N) is 1. The number of hydrazone groups is 1. The summed E-state index contributed by atoms with van der Waals surface area (Å²) in [7, 11) is 1.64. The molecule has 39 heavy (non-hydrogen) atoms. The molecule has 0 spiro atoms. The van der Waals surface area contributed by atoms with Gasteiger partial charge in [-0.2, -0.15) is 5.10 Å². The lowest BCUT2D eigenvalue weighted by atomic mass is 9.76. The van der Waals surface area contributed by atoms with Crippen molar-refractivity contribution in [3.05, 3.63) is 65.7 Å². The van der Waals surface area contributed by atoms with Gasteiger partial charge in [0.2, 0.25) is 11.8 Å². The first-order valence-corrected chi connectivity index (χ1v) is 13.9. The second kappa shape index (κ2) is 11.8. The molecule has 3 N–H and O–H groups in total. The van der Waals surface area contributed by atoms with Crippen molar-refractivity contribution in [1.29, 1.82) is 0 Å². The zero-order valence-electron chi connectivity index (χ0n) is 22.4. The van der Waals surface area contributed by atoms with Gasteiger partial charge in [-0.25, -0.2) is 5.01 Å². The van der Waals surface area contributed by atoms with Gasteiger partial charge in [-0.1, -0.05) is 50.0 Å². The Labute approximate surface area is 229 Å². The number of carbonyl (C=O) groups excluding carboxylic acids is 3. The highest BCUT2D eigenvalue weighted by Gasteiger charge is 2.42. The van der Waals surface area contributed by atoms with Crippen LogP contribution in [0.2, 0.25) is 0 Å². The summed E-state index contributed by atoms with van der Waals surface area (Å²) in [5, 5.41) is 9.41. The van der Waals surface area contributed by atoms with E-state index < -0.39 is 5.91 Å². The zero-order chi connectivity index (χ0) is 27.4. The van der Waals surface area contributed by atoms with Crippen LogP contribution in [-0.4, -0.2) is 48.1 Å². The van der Waals surface area contributed by atoms with Gasteiger partial charge < -0.3 is 15.8 Å². The van der Waals surface area contributed by atoms with Crippen molar-refractivity contribution in [3.8, 4) is 16.9 Å². The summed E-state index contributed by atoms with van der Waals surface area (Å²) in [6.45, 7) is -0.212. The van der Waals surface area contributed by atoms with Crippen LogP contribution >= 0.6 is 0 Å². The van der Waals surface area contributed by atoms with Gasteiger partial charge in [0.15, 0.2) is 0 Å². The topological polar surface area (TPSA) is 114 Å². The Bertz CT molecular complexity index is 1290. The number of fused-ring (bicyclic) bond motifs is 1. The molecule has 2 aromatic rings. The van der Waals surface area contributed by atoms with Gasteiger partial charge in [-0.3, -0.25) is 14.4 Å². The van der Waals surface area contributed by atoms with Gasteiger partial charge in [0.05, 0.1) is 31.3 Å². The van der Waals surface area contributed by atoms with Crippen molar-refractivity contribution >= 4 is 23.4 Å². The number of primary amides is 1. The summed E-state index contributed by atoms with van der Waals surface area (Å²) in [6, 6.07) is 13.4. The minimum absolute atomic E-state index is 0.0436. The van der Waals surface area contributed by atoms with E-state index in [1.54, 1.807) is 19.2 Å². The van der Waals surface area contributed by atoms with Crippen LogP contribution in [0.25, 0.3) is 11.1 Å². The number of amides is 3. The van der Waals surface area contributed by atoms with Crippen LogP contribution in [0, 0.1) is 11.8 Å². The van der Waals surface area contributed by atoms with Crippen molar-refractivity contribution in [2.75, 3.05) is 13.7 Å². The minimum atomic E-state index is -0.595. The SMILES string of the molecule is COc1ccc(C2=NN(C3CCCCCC3)C(=O)[C@H]3CC=CC[C@@H]23)cc1-c1ccc(C(=O)NCC(N)=O)cc1. The van der Waals surface area contributed by atoms with Gasteiger partial charge >= 0.3 is 0 Å². The Morgan fingerprint density at radius 2 is 1.64 bits per heavy atom. The van der Waals surface area contributed by atoms with Crippen LogP contribution in [0.15, 0.2) is 59.7 Å². The lowest BCUT2D eigenvalue weighted by Crippen LogP contribution is -2.49. The van der Waals surface area contributed by atoms with Crippen molar-refractivity contribution in [3.63, 3.8) is 0 Å². The fourth-order valence-corrected chi connectivity index (χ4v) is 6.00. The van der Waals surface area contributed by atoms with Crippen molar-refractivity contribution in [1.82, 2.24) is 10.3 Å². The molecule has 0 unspecified atom stereocenters. The Hall–Kier alpha value is -3.94. The summed E-state index contributed by atoms with van der Waals surface area (Å²) in [6.07, 6.45) is 12.6. The second-order valence-corrected chi connectivity index (χ2v) is 10.6. The molecule has 8 heteroatoms. The standard InChI is InChI=1S/C31H36N4O4/c1-39-27-17-16-22(18-26(27)20-12-14-21(15-13-20)30(37)33-19-28(32)36)29-24-10-6-7-11-25(24)31(38)35(34-29)23-8-4-2-3-5-9-23/h6-7,12-18,23-25H,2-5,8-11,19H2,1H3,(H2,32,36)(H,33,37)/t24-,25+/m1/s1. The lowest BCUT2D eigenvalue weighted by Gasteiger charge is -2.40. The van der Waals surface area contributed by atoms with Crippen LogP contribution in [0.5, 0.6) is 5.75 Å². The van der Waals surface area contributed by atoms with Crippen LogP contribution in [0.1, 0.15) is 67.3 Å². The minimum Gasteiger partial charge on any atom is -0.496 e. The first-order chi connectivity index (χ1) is 19.0. The van der Waals surface area contributed by atoms with Gasteiger partial charge in [0.1, 0.15) is 5.75 Å². The van der Waals surface area contributed by atoms with Gasteiger partial charge in [-0.05, 0) is 67.1 Å². The first-order valence-electron chi connectivity index (χ1n) is 13.9. The normalized spacial score (nSPS) is 21.5. The number of benzene rings is 2. The molecule has 1 fully saturated rings. The number of rotatable bonds is 7. The smallest absolute Gasteiger partial charge is 0.251 e. The molecule has 8 nitrogen and oxygen atoms in total. The Morgan fingerprint density at radius 3 is 2.31 bits per heavy atom. The highest BCUT2D eigenvalue weighted by Crippen LogP contribution is 2.39. The van der Waals surface area contributed by atoms with Crippen LogP contribution in [-0.2, 0) is 9.59 Å². The van der Waals surface area contributed by atoms with E-state index >= 15 is 0 Å². The van der Waals surface area contributed by atoms with Crippen LogP contribution in [0.3, 0.4) is 0 Å². The number of allylic oxidation sites excluding steroid dienone is 2. The summed E-state index contributed by atoms with van der Waals surface area (Å²) < 4.78 is 5.69. The second-order valence-electron chi connectivity index (χ2n) is 10.6. The Kier molecular flexibility index (Phi) is 8.10. The van der Waals surface area contributed by atoms with Crippen molar-refractivity contribution in [2.24, 2.45) is 22.7 Å². The predicted molar refractivity (Wildman–Crippen MR) is 150 cm³/mol. The molecule has 0 aromatic heterocycles. The maximum Gasteiger partial charge on any atom is 0.251 e. The maximum absolute atomic E-state index is 13.6. The molecular formula is C31H36N4O4. The summed E-state index contributed by atoms with van der Waals surface area (Å²) in [5.74, 6) is -0.132. The third-order valence-electron chi connectivity index (χ3n) is 8.09. The number of ether oxygens (including phenoxy) is 1. The van der Waals surface area contributed by atoms with E-state index in [0.717, 1.165) is 60.9 Å². The molecule has 1 saturated carbocycles. The molecule has 0 saturated heterocycles. The van der Waals surface area contributed by atoms with Crippen LogP contribution in [0.4, 0.5) is 0 Å². The first kappa shape index (κ1) is 26.7. The van der Waals surface area contributed by atoms with E-state index in [1.807, 2.05) is 29.3 Å². The summed E-state index contributed by atoms with van der Waals surface area (Å²) >= 11 is 0. The van der Waals surface area contributed by atoms with Crippen molar-refractivity contribution < 1.29 is 19.1 Å².